The molecule has 3 N–H and O–H groups in total. The van der Waals surface area contributed by atoms with Crippen LogP contribution in [0.25, 0.3) is 0 Å². The molecule has 0 aliphatic carbocycles. The lowest BCUT2D eigenvalue weighted by atomic mass is 10.1. The maximum absolute atomic E-state index is 11.9. The monoisotopic (exact) mass is 292 g/mol. The number of hydrogen-bond donors (Lipinski definition) is 3. The van der Waals surface area contributed by atoms with E-state index in [0.717, 1.165) is 17.7 Å². The fraction of sp³-hybridized carbons (Fsp3) is 0.500. The van der Waals surface area contributed by atoms with Crippen molar-refractivity contribution in [3.8, 4) is 0 Å². The van der Waals surface area contributed by atoms with Crippen molar-refractivity contribution in [1.82, 2.24) is 20.5 Å². The van der Waals surface area contributed by atoms with Crippen LogP contribution in [0.15, 0.2) is 10.9 Å². The van der Waals surface area contributed by atoms with E-state index < -0.39 is 0 Å². The quantitative estimate of drug-likeness (QED) is 0.730. The first kappa shape index (κ1) is 15.1. The molecular formula is C14H20N4O3. The number of hydrogen-bond acceptors (Lipinski definition) is 3. The van der Waals surface area contributed by atoms with Crippen LogP contribution in [-0.2, 0) is 11.3 Å². The largest absolute Gasteiger partial charge is 0.350 e. The van der Waals surface area contributed by atoms with E-state index in [2.05, 4.69) is 15.6 Å². The number of amides is 3. The average Bonchev–Trinajstić information content (AvgIpc) is 2.40. The van der Waals surface area contributed by atoms with Gasteiger partial charge >= 0.3 is 6.03 Å². The number of urea groups is 1. The molecule has 0 unspecified atom stereocenters. The summed E-state index contributed by atoms with van der Waals surface area (Å²) in [5, 5.41) is 5.38. The Morgan fingerprint density at radius 3 is 2.81 bits per heavy atom. The lowest BCUT2D eigenvalue weighted by Gasteiger charge is -2.26. The van der Waals surface area contributed by atoms with Gasteiger partial charge in [0.1, 0.15) is 6.54 Å². The summed E-state index contributed by atoms with van der Waals surface area (Å²) in [7, 11) is 0. The molecule has 7 heteroatoms. The number of aryl methyl sites for hydroxylation is 2. The summed E-state index contributed by atoms with van der Waals surface area (Å²) < 4.78 is 0. The van der Waals surface area contributed by atoms with Gasteiger partial charge in [0.2, 0.25) is 5.91 Å². The van der Waals surface area contributed by atoms with Crippen LogP contribution in [0.1, 0.15) is 23.2 Å². The fourth-order valence-electron chi connectivity index (χ4n) is 2.35. The Hall–Kier alpha value is -2.31. The van der Waals surface area contributed by atoms with Crippen molar-refractivity contribution in [3.05, 3.63) is 33.2 Å². The summed E-state index contributed by atoms with van der Waals surface area (Å²) in [6.07, 6.45) is 0.829. The molecule has 7 nitrogen and oxygen atoms in total. The summed E-state index contributed by atoms with van der Waals surface area (Å²) in [6, 6.07) is 1.64. The van der Waals surface area contributed by atoms with Crippen molar-refractivity contribution < 1.29 is 9.59 Å². The van der Waals surface area contributed by atoms with E-state index >= 15 is 0 Å². The van der Waals surface area contributed by atoms with Gasteiger partial charge in [0.05, 0.1) is 0 Å². The molecule has 0 radical (unpaired) electrons. The van der Waals surface area contributed by atoms with Gasteiger partial charge in [-0.2, -0.15) is 0 Å². The van der Waals surface area contributed by atoms with E-state index in [1.165, 1.54) is 4.90 Å². The third-order valence-electron chi connectivity index (χ3n) is 3.46. The molecule has 1 aromatic heterocycles. The second-order valence-corrected chi connectivity index (χ2v) is 5.23. The van der Waals surface area contributed by atoms with Gasteiger partial charge in [-0.05, 0) is 31.9 Å². The highest BCUT2D eigenvalue weighted by molar-refractivity contribution is 5.84. The standard InChI is InChI=1S/C14H20N4O3/c1-9-6-10(2)17-13(20)11(9)7-16-12(19)8-18-5-3-4-15-14(18)21/h6H,3-5,7-8H2,1-2H3,(H,15,21)(H,16,19)(H,17,20). The lowest BCUT2D eigenvalue weighted by Crippen LogP contribution is -2.50. The number of nitrogens with one attached hydrogen (secondary N) is 3. The Morgan fingerprint density at radius 1 is 1.38 bits per heavy atom. The molecule has 0 aromatic carbocycles. The molecule has 2 rings (SSSR count). The van der Waals surface area contributed by atoms with Crippen molar-refractivity contribution in [3.63, 3.8) is 0 Å². The maximum Gasteiger partial charge on any atom is 0.317 e. The Morgan fingerprint density at radius 2 is 2.14 bits per heavy atom. The smallest absolute Gasteiger partial charge is 0.317 e. The first-order valence-corrected chi connectivity index (χ1v) is 6.96. The molecule has 0 spiro atoms. The molecule has 1 aliphatic rings. The third kappa shape index (κ3) is 3.84. The van der Waals surface area contributed by atoms with Gasteiger partial charge in [0, 0.05) is 30.9 Å². The van der Waals surface area contributed by atoms with Gasteiger partial charge in [-0.25, -0.2) is 4.79 Å². The maximum atomic E-state index is 11.9. The number of aromatic nitrogens is 1. The van der Waals surface area contributed by atoms with E-state index in [1.54, 1.807) is 0 Å². The molecule has 1 aromatic rings. The Kier molecular flexibility index (Phi) is 4.62. The van der Waals surface area contributed by atoms with Crippen molar-refractivity contribution in [2.75, 3.05) is 19.6 Å². The predicted molar refractivity (Wildman–Crippen MR) is 78.0 cm³/mol. The van der Waals surface area contributed by atoms with Crippen LogP contribution in [0.5, 0.6) is 0 Å². The highest BCUT2D eigenvalue weighted by Crippen LogP contribution is 2.03. The fourth-order valence-corrected chi connectivity index (χ4v) is 2.35. The highest BCUT2D eigenvalue weighted by Gasteiger charge is 2.20. The van der Waals surface area contributed by atoms with Crippen LogP contribution in [-0.4, -0.2) is 41.5 Å². The summed E-state index contributed by atoms with van der Waals surface area (Å²) >= 11 is 0. The molecule has 1 fully saturated rings. The first-order chi connectivity index (χ1) is 9.97. The molecular weight excluding hydrogens is 272 g/mol. The van der Waals surface area contributed by atoms with Crippen LogP contribution in [0.2, 0.25) is 0 Å². The van der Waals surface area contributed by atoms with Gasteiger partial charge in [0.15, 0.2) is 0 Å². The van der Waals surface area contributed by atoms with E-state index in [1.807, 2.05) is 19.9 Å². The summed E-state index contributed by atoms with van der Waals surface area (Å²) in [5.74, 6) is -0.272. The number of carbonyl (C=O) groups is 2. The van der Waals surface area contributed by atoms with E-state index in [0.29, 0.717) is 18.7 Å². The van der Waals surface area contributed by atoms with Crippen molar-refractivity contribution in [2.24, 2.45) is 0 Å². The van der Waals surface area contributed by atoms with Crippen molar-refractivity contribution >= 4 is 11.9 Å². The Balaban J connectivity index is 1.92. The second-order valence-electron chi connectivity index (χ2n) is 5.23. The zero-order valence-corrected chi connectivity index (χ0v) is 12.3. The normalized spacial score (nSPS) is 14.8. The number of aromatic amines is 1. The van der Waals surface area contributed by atoms with E-state index in [-0.39, 0.29) is 30.6 Å². The Labute approximate surface area is 122 Å². The van der Waals surface area contributed by atoms with Crippen molar-refractivity contribution in [1.29, 1.82) is 0 Å². The van der Waals surface area contributed by atoms with Crippen LogP contribution in [0, 0.1) is 13.8 Å². The summed E-state index contributed by atoms with van der Waals surface area (Å²) in [5.41, 5.74) is 1.98. The molecule has 21 heavy (non-hydrogen) atoms. The van der Waals surface area contributed by atoms with E-state index in [4.69, 9.17) is 0 Å². The second kappa shape index (κ2) is 6.43. The number of rotatable bonds is 4. The Bertz CT molecular complexity index is 609. The molecule has 3 amide bonds. The zero-order chi connectivity index (χ0) is 15.4. The summed E-state index contributed by atoms with van der Waals surface area (Å²) in [4.78, 5) is 39.4. The molecule has 0 saturated carbocycles. The van der Waals surface area contributed by atoms with Gasteiger partial charge in [-0.1, -0.05) is 0 Å². The zero-order valence-electron chi connectivity index (χ0n) is 12.3. The average molecular weight is 292 g/mol. The van der Waals surface area contributed by atoms with Gasteiger partial charge in [-0.3, -0.25) is 9.59 Å². The van der Waals surface area contributed by atoms with Crippen LogP contribution in [0.3, 0.4) is 0 Å². The topological polar surface area (TPSA) is 94.3 Å². The third-order valence-corrected chi connectivity index (χ3v) is 3.46. The molecule has 2 heterocycles. The minimum absolute atomic E-state index is 0.00858. The number of H-pyrrole nitrogens is 1. The molecule has 1 saturated heterocycles. The van der Waals surface area contributed by atoms with Gasteiger partial charge in [-0.15, -0.1) is 0 Å². The van der Waals surface area contributed by atoms with Crippen LogP contribution >= 0.6 is 0 Å². The highest BCUT2D eigenvalue weighted by atomic mass is 16.2. The van der Waals surface area contributed by atoms with Crippen LogP contribution < -0.4 is 16.2 Å². The SMILES string of the molecule is Cc1cc(C)c(CNC(=O)CN2CCCNC2=O)c(=O)[nH]1. The lowest BCUT2D eigenvalue weighted by molar-refractivity contribution is -0.121. The molecule has 0 atom stereocenters. The molecule has 1 aliphatic heterocycles. The number of carbonyl (C=O) groups excluding carboxylic acids is 2. The number of pyridine rings is 1. The minimum atomic E-state index is -0.272. The van der Waals surface area contributed by atoms with Crippen molar-refractivity contribution in [2.45, 2.75) is 26.8 Å². The molecule has 0 bridgehead atoms. The molecule has 114 valence electrons. The van der Waals surface area contributed by atoms with E-state index in [9.17, 15) is 14.4 Å². The van der Waals surface area contributed by atoms with Gasteiger partial charge in [0.25, 0.3) is 5.56 Å². The predicted octanol–water partition coefficient (Wildman–Crippen LogP) is 0.0232. The summed E-state index contributed by atoms with van der Waals surface area (Å²) in [6.45, 7) is 5.04. The van der Waals surface area contributed by atoms with Crippen LogP contribution in [0.4, 0.5) is 4.79 Å². The van der Waals surface area contributed by atoms with Gasteiger partial charge < -0.3 is 20.5 Å². The minimum Gasteiger partial charge on any atom is -0.350 e. The number of nitrogens with zero attached hydrogens (tertiary/aromatic N) is 1. The first-order valence-electron chi connectivity index (χ1n) is 6.96.